The molecule has 7 heteroatoms. The molecule has 1 aliphatic heterocycles. The predicted molar refractivity (Wildman–Crippen MR) is 76.8 cm³/mol. The van der Waals surface area contributed by atoms with Crippen molar-refractivity contribution in [3.05, 3.63) is 4.88 Å². The summed E-state index contributed by atoms with van der Waals surface area (Å²) in [4.78, 5) is 19.0. The van der Waals surface area contributed by atoms with Crippen LogP contribution in [0, 0.1) is 0 Å². The van der Waals surface area contributed by atoms with Gasteiger partial charge in [-0.05, 0) is 20.8 Å². The molecule has 1 aromatic heterocycles. The highest BCUT2D eigenvalue weighted by atomic mass is 32.1. The summed E-state index contributed by atoms with van der Waals surface area (Å²) in [6.07, 6.45) is 0. The third-order valence-corrected chi connectivity index (χ3v) is 3.75. The van der Waals surface area contributed by atoms with Crippen LogP contribution in [-0.2, 0) is 4.74 Å². The lowest BCUT2D eigenvalue weighted by molar-refractivity contribution is 0.0924. The zero-order valence-electron chi connectivity index (χ0n) is 11.5. The minimum absolute atomic E-state index is 0.165. The molecule has 3 N–H and O–H groups in total. The minimum Gasteiger partial charge on any atom is -0.382 e. The number of rotatable bonds is 2. The first-order valence-electron chi connectivity index (χ1n) is 6.28. The molecule has 0 bridgehead atoms. The van der Waals surface area contributed by atoms with E-state index in [1.165, 1.54) is 11.3 Å². The molecule has 6 nitrogen and oxygen atoms in total. The molecule has 106 valence electrons. The average molecular weight is 284 g/mol. The van der Waals surface area contributed by atoms with Crippen molar-refractivity contribution in [3.8, 4) is 0 Å². The molecule has 19 heavy (non-hydrogen) atoms. The van der Waals surface area contributed by atoms with Crippen LogP contribution in [0.5, 0.6) is 0 Å². The van der Waals surface area contributed by atoms with Crippen LogP contribution in [0.25, 0.3) is 0 Å². The highest BCUT2D eigenvalue weighted by Gasteiger charge is 2.23. The SMILES string of the molecule is CC(C)(C)NC(=O)c1sc(N2CCOCC2)nc1N. The van der Waals surface area contributed by atoms with E-state index in [0.29, 0.717) is 23.9 Å². The van der Waals surface area contributed by atoms with Crippen molar-refractivity contribution in [2.45, 2.75) is 26.3 Å². The van der Waals surface area contributed by atoms with E-state index < -0.39 is 0 Å². The second-order valence-electron chi connectivity index (χ2n) is 5.51. The van der Waals surface area contributed by atoms with Gasteiger partial charge in [-0.25, -0.2) is 4.98 Å². The Balaban J connectivity index is 2.14. The van der Waals surface area contributed by atoms with Crippen molar-refractivity contribution in [3.63, 3.8) is 0 Å². The second-order valence-corrected chi connectivity index (χ2v) is 6.49. The van der Waals surface area contributed by atoms with Gasteiger partial charge in [0.05, 0.1) is 13.2 Å². The number of ether oxygens (including phenoxy) is 1. The Labute approximate surface area is 116 Å². The number of hydrogen-bond donors (Lipinski definition) is 2. The Bertz CT molecular complexity index is 461. The number of thiazole rings is 1. The molecule has 1 saturated heterocycles. The van der Waals surface area contributed by atoms with Crippen LogP contribution in [-0.4, -0.2) is 42.7 Å². The number of nitrogens with one attached hydrogen (secondary N) is 1. The molecule has 0 aromatic carbocycles. The Kier molecular flexibility index (Phi) is 3.96. The first kappa shape index (κ1) is 14.1. The molecule has 1 amide bonds. The Hall–Kier alpha value is -1.34. The van der Waals surface area contributed by atoms with Crippen LogP contribution in [0.2, 0.25) is 0 Å². The fraction of sp³-hybridized carbons (Fsp3) is 0.667. The summed E-state index contributed by atoms with van der Waals surface area (Å²) in [5.41, 5.74) is 5.56. The maximum absolute atomic E-state index is 12.1. The van der Waals surface area contributed by atoms with E-state index in [0.717, 1.165) is 18.2 Å². The fourth-order valence-electron chi connectivity index (χ4n) is 1.77. The summed E-state index contributed by atoms with van der Waals surface area (Å²) >= 11 is 1.34. The van der Waals surface area contributed by atoms with Gasteiger partial charge in [0.25, 0.3) is 5.91 Å². The molecule has 2 heterocycles. The summed E-state index contributed by atoms with van der Waals surface area (Å²) in [5.74, 6) is 0.134. The Morgan fingerprint density at radius 1 is 1.42 bits per heavy atom. The molecule has 0 radical (unpaired) electrons. The number of aromatic nitrogens is 1. The largest absolute Gasteiger partial charge is 0.382 e. The van der Waals surface area contributed by atoms with Gasteiger partial charge in [-0.3, -0.25) is 4.79 Å². The van der Waals surface area contributed by atoms with Crippen molar-refractivity contribution in [1.29, 1.82) is 0 Å². The molecule has 1 aliphatic rings. The molecule has 0 saturated carbocycles. The van der Waals surface area contributed by atoms with Gasteiger partial charge >= 0.3 is 0 Å². The minimum atomic E-state index is -0.285. The summed E-state index contributed by atoms with van der Waals surface area (Å²) in [6, 6.07) is 0. The van der Waals surface area contributed by atoms with Crippen molar-refractivity contribution in [1.82, 2.24) is 10.3 Å². The van der Waals surface area contributed by atoms with E-state index in [9.17, 15) is 4.79 Å². The number of nitrogen functional groups attached to an aromatic ring is 1. The maximum Gasteiger partial charge on any atom is 0.265 e. The van der Waals surface area contributed by atoms with Gasteiger partial charge in [0.2, 0.25) is 0 Å². The monoisotopic (exact) mass is 284 g/mol. The van der Waals surface area contributed by atoms with E-state index in [-0.39, 0.29) is 11.4 Å². The summed E-state index contributed by atoms with van der Waals surface area (Å²) < 4.78 is 5.30. The van der Waals surface area contributed by atoms with Gasteiger partial charge in [-0.15, -0.1) is 0 Å². The zero-order valence-corrected chi connectivity index (χ0v) is 12.3. The van der Waals surface area contributed by atoms with Crippen molar-refractivity contribution in [2.75, 3.05) is 36.9 Å². The van der Waals surface area contributed by atoms with E-state index in [1.807, 2.05) is 20.8 Å². The fourth-order valence-corrected chi connectivity index (χ4v) is 2.70. The van der Waals surface area contributed by atoms with E-state index in [4.69, 9.17) is 10.5 Å². The lowest BCUT2D eigenvalue weighted by Gasteiger charge is -2.25. The number of carbonyl (C=O) groups excluding carboxylic acids is 1. The van der Waals surface area contributed by atoms with Gasteiger partial charge < -0.3 is 20.7 Å². The number of nitrogens with two attached hydrogens (primary N) is 1. The molecule has 0 spiro atoms. The third-order valence-electron chi connectivity index (χ3n) is 2.62. The molecule has 1 aromatic rings. The number of amides is 1. The molecule has 0 unspecified atom stereocenters. The Morgan fingerprint density at radius 3 is 2.63 bits per heavy atom. The first-order valence-corrected chi connectivity index (χ1v) is 7.10. The summed E-state index contributed by atoms with van der Waals surface area (Å²) in [5, 5.41) is 3.69. The average Bonchev–Trinajstić information content (AvgIpc) is 2.70. The number of morpholine rings is 1. The third kappa shape index (κ3) is 3.57. The molecule has 0 aliphatic carbocycles. The van der Waals surface area contributed by atoms with Crippen LogP contribution in [0.4, 0.5) is 10.9 Å². The second kappa shape index (κ2) is 5.34. The molecular formula is C12H20N4O2S. The van der Waals surface area contributed by atoms with Gasteiger partial charge in [-0.1, -0.05) is 11.3 Å². The van der Waals surface area contributed by atoms with Gasteiger partial charge in [0.1, 0.15) is 10.7 Å². The van der Waals surface area contributed by atoms with E-state index in [1.54, 1.807) is 0 Å². The standard InChI is InChI=1S/C12H20N4O2S/c1-12(2,3)15-10(17)8-9(13)14-11(19-8)16-4-6-18-7-5-16/h4-7,13H2,1-3H3,(H,15,17). The highest BCUT2D eigenvalue weighted by Crippen LogP contribution is 2.28. The van der Waals surface area contributed by atoms with Gasteiger partial charge in [0.15, 0.2) is 5.13 Å². The zero-order chi connectivity index (χ0) is 14.0. The summed E-state index contributed by atoms with van der Waals surface area (Å²) in [7, 11) is 0. The number of carbonyl (C=O) groups is 1. The van der Waals surface area contributed by atoms with Crippen LogP contribution in [0.15, 0.2) is 0 Å². The predicted octanol–water partition coefficient (Wildman–Crippen LogP) is 1.09. The topological polar surface area (TPSA) is 80.5 Å². The van der Waals surface area contributed by atoms with Crippen LogP contribution in [0.3, 0.4) is 0 Å². The normalized spacial score (nSPS) is 16.5. The number of nitrogens with zero attached hydrogens (tertiary/aromatic N) is 2. The molecule has 0 atom stereocenters. The summed E-state index contributed by atoms with van der Waals surface area (Å²) in [6.45, 7) is 8.74. The van der Waals surface area contributed by atoms with Crippen molar-refractivity contribution < 1.29 is 9.53 Å². The van der Waals surface area contributed by atoms with E-state index in [2.05, 4.69) is 15.2 Å². The molecular weight excluding hydrogens is 264 g/mol. The Morgan fingerprint density at radius 2 is 2.05 bits per heavy atom. The molecule has 2 rings (SSSR count). The van der Waals surface area contributed by atoms with Crippen LogP contribution in [0.1, 0.15) is 30.4 Å². The van der Waals surface area contributed by atoms with Crippen LogP contribution >= 0.6 is 11.3 Å². The number of anilines is 2. The maximum atomic E-state index is 12.1. The quantitative estimate of drug-likeness (QED) is 0.849. The first-order chi connectivity index (χ1) is 8.87. The van der Waals surface area contributed by atoms with Crippen molar-refractivity contribution >= 4 is 28.2 Å². The van der Waals surface area contributed by atoms with E-state index >= 15 is 0 Å². The number of hydrogen-bond acceptors (Lipinski definition) is 6. The highest BCUT2D eigenvalue weighted by molar-refractivity contribution is 7.18. The lowest BCUT2D eigenvalue weighted by Crippen LogP contribution is -2.40. The van der Waals surface area contributed by atoms with Crippen LogP contribution < -0.4 is 16.0 Å². The van der Waals surface area contributed by atoms with Gasteiger partial charge in [-0.2, -0.15) is 0 Å². The smallest absolute Gasteiger partial charge is 0.265 e. The van der Waals surface area contributed by atoms with Gasteiger partial charge in [0, 0.05) is 18.6 Å². The van der Waals surface area contributed by atoms with Crippen molar-refractivity contribution in [2.24, 2.45) is 0 Å². The molecule has 1 fully saturated rings. The lowest BCUT2D eigenvalue weighted by atomic mass is 10.1.